The number of allylic oxidation sites excluding steroid dienone is 14. The van der Waals surface area contributed by atoms with Crippen LogP contribution in [0.25, 0.3) is 0 Å². The first-order valence-corrected chi connectivity index (χ1v) is 40.8. The largest absolute Gasteiger partial charge is 0.477 e. The van der Waals surface area contributed by atoms with Gasteiger partial charge in [0, 0.05) is 12.8 Å². The van der Waals surface area contributed by atoms with Crippen LogP contribution in [0.1, 0.15) is 386 Å². The summed E-state index contributed by atoms with van der Waals surface area (Å²) in [6, 6.07) is 0. The Kier molecular flexibility index (Phi) is 73.4. The number of carboxylic acids is 1. The van der Waals surface area contributed by atoms with Gasteiger partial charge in [-0.2, -0.15) is 0 Å². The minimum atomic E-state index is -1.51. The molecule has 2 unspecified atom stereocenters. The number of esters is 2. The number of unbranched alkanes of at least 4 members (excludes halogenated alkanes) is 47. The van der Waals surface area contributed by atoms with E-state index in [-0.39, 0.29) is 38.2 Å². The summed E-state index contributed by atoms with van der Waals surface area (Å²) in [7, 11) is 6.00. The van der Waals surface area contributed by atoms with Gasteiger partial charge in [0.05, 0.1) is 34.4 Å². The molecule has 0 aliphatic heterocycles. The van der Waals surface area contributed by atoms with Crippen molar-refractivity contribution in [1.82, 2.24) is 0 Å². The molecule has 0 aliphatic rings. The molecule has 0 aliphatic carbocycles. The Labute approximate surface area is 589 Å². The summed E-state index contributed by atoms with van der Waals surface area (Å²) in [6.07, 6.45) is 102. The van der Waals surface area contributed by atoms with Crippen LogP contribution in [-0.4, -0.2) is 87.4 Å². The van der Waals surface area contributed by atoms with Crippen LogP contribution in [0.15, 0.2) is 85.1 Å². The van der Waals surface area contributed by atoms with Crippen molar-refractivity contribution >= 4 is 17.9 Å². The van der Waals surface area contributed by atoms with Crippen molar-refractivity contribution in [3.05, 3.63) is 85.1 Å². The molecule has 9 heteroatoms. The zero-order valence-corrected chi connectivity index (χ0v) is 63.3. The van der Waals surface area contributed by atoms with Crippen LogP contribution in [0.2, 0.25) is 0 Å². The Bertz CT molecular complexity index is 1840. The molecule has 0 fully saturated rings. The van der Waals surface area contributed by atoms with Gasteiger partial charge in [-0.15, -0.1) is 0 Å². The summed E-state index contributed by atoms with van der Waals surface area (Å²) in [6.45, 7) is 4.81. The van der Waals surface area contributed by atoms with E-state index in [0.717, 1.165) is 77.0 Å². The van der Waals surface area contributed by atoms with Crippen molar-refractivity contribution in [3.8, 4) is 0 Å². The molecule has 0 aromatic rings. The molecule has 0 rings (SSSR count). The minimum Gasteiger partial charge on any atom is -0.477 e. The summed E-state index contributed by atoms with van der Waals surface area (Å²) >= 11 is 0. The average Bonchev–Trinajstić information content (AvgIpc) is 2.92. The van der Waals surface area contributed by atoms with E-state index in [0.29, 0.717) is 17.4 Å². The van der Waals surface area contributed by atoms with Crippen LogP contribution in [0.3, 0.4) is 0 Å². The fraction of sp³-hybridized carbons (Fsp3) is 0.802. The number of hydrogen-bond acceptors (Lipinski definition) is 7. The van der Waals surface area contributed by atoms with E-state index in [1.807, 2.05) is 21.1 Å². The van der Waals surface area contributed by atoms with E-state index in [1.165, 1.54) is 283 Å². The predicted molar refractivity (Wildman–Crippen MR) is 410 cm³/mol. The van der Waals surface area contributed by atoms with Gasteiger partial charge < -0.3 is 28.5 Å². The number of carboxylic acid groups (broad SMARTS) is 1. The second kappa shape index (κ2) is 76.2. The van der Waals surface area contributed by atoms with Crippen LogP contribution in [-0.2, 0) is 33.3 Å². The number of quaternary nitrogens is 1. The summed E-state index contributed by atoms with van der Waals surface area (Å²) < 4.78 is 23.1. The quantitative estimate of drug-likeness (QED) is 0.0211. The van der Waals surface area contributed by atoms with Crippen LogP contribution in [0.4, 0.5) is 0 Å². The number of aliphatic carboxylic acids is 1. The Morgan fingerprint density at radius 3 is 0.895 bits per heavy atom. The van der Waals surface area contributed by atoms with Gasteiger partial charge in [0.25, 0.3) is 6.29 Å². The van der Waals surface area contributed by atoms with Crippen molar-refractivity contribution < 1.29 is 42.9 Å². The molecule has 0 amide bonds. The van der Waals surface area contributed by atoms with E-state index in [4.69, 9.17) is 18.9 Å². The van der Waals surface area contributed by atoms with Crippen LogP contribution in [0.5, 0.6) is 0 Å². The molecule has 0 spiro atoms. The molecule has 0 aromatic carbocycles. The SMILES string of the molecule is CC/C=C\C/C=C\C/C=C\C/C=C\C/C=C\CCCCCCCCCCCCCCCCCCCCCCCCCC(=O)OC(COC(=O)CCCCCCCCCCCCCCCCCCCCC/C=C\C/C=C\CCCCCCC)COC(OCC[N+](C)(C)C)C(=O)O. The molecule has 0 aromatic heterocycles. The lowest BCUT2D eigenvalue weighted by molar-refractivity contribution is -0.870. The van der Waals surface area contributed by atoms with Crippen molar-refractivity contribution in [2.45, 2.75) is 399 Å². The van der Waals surface area contributed by atoms with Crippen molar-refractivity contribution in [2.24, 2.45) is 0 Å². The first-order valence-electron chi connectivity index (χ1n) is 40.8. The maximum Gasteiger partial charge on any atom is 0.361 e. The molecule has 552 valence electrons. The topological polar surface area (TPSA) is 108 Å². The third kappa shape index (κ3) is 77.7. The maximum absolute atomic E-state index is 13.0. The van der Waals surface area contributed by atoms with Crippen molar-refractivity contribution in [3.63, 3.8) is 0 Å². The predicted octanol–water partition coefficient (Wildman–Crippen LogP) is 26.2. The van der Waals surface area contributed by atoms with Crippen molar-refractivity contribution in [2.75, 3.05) is 47.5 Å². The summed E-state index contributed by atoms with van der Waals surface area (Å²) in [5, 5.41) is 9.78. The van der Waals surface area contributed by atoms with E-state index < -0.39 is 18.4 Å². The molecule has 9 nitrogen and oxygen atoms in total. The van der Waals surface area contributed by atoms with Gasteiger partial charge in [0.15, 0.2) is 6.10 Å². The highest BCUT2D eigenvalue weighted by atomic mass is 16.7. The summed E-state index contributed by atoms with van der Waals surface area (Å²) in [5.74, 6) is -1.98. The van der Waals surface area contributed by atoms with Crippen molar-refractivity contribution in [1.29, 1.82) is 0 Å². The Morgan fingerprint density at radius 2 is 0.600 bits per heavy atom. The lowest BCUT2D eigenvalue weighted by atomic mass is 10.0. The maximum atomic E-state index is 13.0. The van der Waals surface area contributed by atoms with E-state index in [2.05, 4.69) is 98.9 Å². The third-order valence-electron chi connectivity index (χ3n) is 18.1. The number of nitrogens with zero attached hydrogens (tertiary/aromatic N) is 1. The zero-order chi connectivity index (χ0) is 69.0. The smallest absolute Gasteiger partial charge is 0.361 e. The zero-order valence-electron chi connectivity index (χ0n) is 63.3. The summed E-state index contributed by atoms with van der Waals surface area (Å²) in [5.41, 5.74) is 0. The molecule has 2 atom stereocenters. The van der Waals surface area contributed by atoms with E-state index in [1.54, 1.807) is 0 Å². The molecule has 1 N–H and O–H groups in total. The lowest BCUT2D eigenvalue weighted by Crippen LogP contribution is -2.40. The van der Waals surface area contributed by atoms with Gasteiger partial charge in [-0.05, 0) is 89.9 Å². The number of ether oxygens (including phenoxy) is 4. The molecule has 0 saturated carbocycles. The van der Waals surface area contributed by atoms with Gasteiger partial charge in [0.1, 0.15) is 13.2 Å². The van der Waals surface area contributed by atoms with Gasteiger partial charge >= 0.3 is 17.9 Å². The minimum absolute atomic E-state index is 0.178. The summed E-state index contributed by atoms with van der Waals surface area (Å²) in [4.78, 5) is 37.8. The van der Waals surface area contributed by atoms with E-state index in [9.17, 15) is 19.5 Å². The average molecular weight is 1330 g/mol. The molecule has 0 radical (unpaired) electrons. The highest BCUT2D eigenvalue weighted by molar-refractivity contribution is 5.71. The Hall–Kier alpha value is -3.53. The molecule has 0 saturated heterocycles. The molecule has 0 bridgehead atoms. The third-order valence-corrected chi connectivity index (χ3v) is 18.1. The highest BCUT2D eigenvalue weighted by Gasteiger charge is 2.25. The van der Waals surface area contributed by atoms with Crippen LogP contribution < -0.4 is 0 Å². The molecular weight excluding hydrogens is 1170 g/mol. The van der Waals surface area contributed by atoms with Crippen LogP contribution in [0, 0.1) is 0 Å². The second-order valence-electron chi connectivity index (χ2n) is 28.7. The number of carbonyl (C=O) groups excluding carboxylic acids is 2. The first-order chi connectivity index (χ1) is 46.6. The molecule has 95 heavy (non-hydrogen) atoms. The fourth-order valence-corrected chi connectivity index (χ4v) is 12.0. The number of hydrogen-bond donors (Lipinski definition) is 1. The highest BCUT2D eigenvalue weighted by Crippen LogP contribution is 2.19. The number of likely N-dealkylation sites (N-methyl/N-ethyl adjacent to an activating group) is 1. The number of rotatable bonds is 76. The van der Waals surface area contributed by atoms with Crippen LogP contribution >= 0.6 is 0 Å². The van der Waals surface area contributed by atoms with Gasteiger partial charge in [-0.1, -0.05) is 369 Å². The molecule has 0 heterocycles. The number of carbonyl (C=O) groups is 3. The van der Waals surface area contributed by atoms with Gasteiger partial charge in [-0.3, -0.25) is 9.59 Å². The van der Waals surface area contributed by atoms with Gasteiger partial charge in [0.2, 0.25) is 0 Å². The monoisotopic (exact) mass is 1330 g/mol. The van der Waals surface area contributed by atoms with Gasteiger partial charge in [-0.25, -0.2) is 4.79 Å². The molecular formula is C86H156NO8+. The first kappa shape index (κ1) is 91.5. The van der Waals surface area contributed by atoms with E-state index >= 15 is 0 Å². The fourth-order valence-electron chi connectivity index (χ4n) is 12.0. The normalized spacial score (nSPS) is 13.1. The Morgan fingerprint density at radius 1 is 0.326 bits per heavy atom. The standard InChI is InChI=1S/C86H155NO8/c1-6-8-10-12-14-16-18-20-22-24-26-28-30-32-34-36-38-39-40-41-42-43-44-45-47-49-51-53-55-57-59-61-63-65-67-69-71-73-75-77-84(89)95-82(81-94-86(85(90)91)92-79-78-87(3,4)5)80-93-83(88)76-74-72-70-68-66-64-62-60-58-56-54-52-50-48-46-37-35-33-31-29-27-25-23-21-19-17-15-13-11-9-7-2/h8,10,14,16,19-22,25-28,32,34,82,86H,6-7,9,11-13,15,17-18,23-24,29-31,33,35-81H2,1-5H3/p+1/b10-8-,16-14-,21-19-,22-20-,27-25-,28-26-,34-32-. The Balaban J connectivity index is 3.97. The second-order valence-corrected chi connectivity index (χ2v) is 28.7. The lowest BCUT2D eigenvalue weighted by Gasteiger charge is -2.25.